The van der Waals surface area contributed by atoms with Gasteiger partial charge >= 0.3 is 8.80 Å². The first-order chi connectivity index (χ1) is 10.9. The minimum Gasteiger partial charge on any atom is -0.374 e. The first-order valence-electron chi connectivity index (χ1n) is 9.06. The van der Waals surface area contributed by atoms with E-state index >= 15 is 0 Å². The third kappa shape index (κ3) is 11.0. The molecule has 0 saturated carbocycles. The normalized spacial score (nSPS) is 14.5. The van der Waals surface area contributed by atoms with Gasteiger partial charge in [-0.2, -0.15) is 0 Å². The van der Waals surface area contributed by atoms with Crippen LogP contribution < -0.4 is 5.73 Å². The molecule has 0 radical (unpaired) electrons. The van der Waals surface area contributed by atoms with E-state index in [0.29, 0.717) is 25.7 Å². The van der Waals surface area contributed by atoms with Crippen LogP contribution in [0, 0.1) is 5.92 Å². The SMILES string of the molecule is CCO[Si](CCC(N)CCN=C(C)CC(C)C)(OCC)OCC. The van der Waals surface area contributed by atoms with Gasteiger partial charge in [0.2, 0.25) is 0 Å². The molecule has 0 saturated heterocycles. The standard InChI is InChI=1S/C17H38N2O3Si/c1-7-20-23(21-8-2,22-9-3)13-11-17(18)10-12-19-16(6)14-15(4)5/h15,17H,7-14,18H2,1-6H3. The van der Waals surface area contributed by atoms with Crippen molar-refractivity contribution < 1.29 is 13.3 Å². The third-order valence-corrected chi connectivity index (χ3v) is 6.59. The molecule has 5 nitrogen and oxygen atoms in total. The van der Waals surface area contributed by atoms with E-state index in [9.17, 15) is 0 Å². The predicted molar refractivity (Wildman–Crippen MR) is 100 cm³/mol. The lowest BCUT2D eigenvalue weighted by Crippen LogP contribution is -2.47. The van der Waals surface area contributed by atoms with Gasteiger partial charge in [0, 0.05) is 44.2 Å². The molecule has 6 heteroatoms. The van der Waals surface area contributed by atoms with Crippen LogP contribution in [0.5, 0.6) is 0 Å². The van der Waals surface area contributed by atoms with Crippen LogP contribution in [-0.4, -0.2) is 46.9 Å². The van der Waals surface area contributed by atoms with Crippen molar-refractivity contribution >= 4 is 14.5 Å². The molecule has 0 amide bonds. The van der Waals surface area contributed by atoms with E-state index in [1.165, 1.54) is 5.71 Å². The monoisotopic (exact) mass is 346 g/mol. The van der Waals surface area contributed by atoms with Gasteiger partial charge < -0.3 is 19.0 Å². The Labute approximate surface area is 144 Å². The molecule has 0 aliphatic carbocycles. The van der Waals surface area contributed by atoms with E-state index < -0.39 is 8.80 Å². The molecule has 138 valence electrons. The second-order valence-corrected chi connectivity index (χ2v) is 9.02. The lowest BCUT2D eigenvalue weighted by atomic mass is 10.1. The fourth-order valence-corrected chi connectivity index (χ4v) is 5.31. The van der Waals surface area contributed by atoms with Gasteiger partial charge in [-0.15, -0.1) is 0 Å². The molecule has 0 spiro atoms. The zero-order valence-electron chi connectivity index (χ0n) is 16.1. The number of nitrogens with zero attached hydrogens (tertiary/aromatic N) is 1. The topological polar surface area (TPSA) is 66.1 Å². The fraction of sp³-hybridized carbons (Fsp3) is 0.941. The van der Waals surface area contributed by atoms with Crippen molar-refractivity contribution in [2.24, 2.45) is 16.6 Å². The molecule has 1 atom stereocenters. The maximum Gasteiger partial charge on any atom is 0.500 e. The molecule has 0 rings (SSSR count). The van der Waals surface area contributed by atoms with Crippen molar-refractivity contribution in [2.75, 3.05) is 26.4 Å². The third-order valence-electron chi connectivity index (χ3n) is 3.50. The number of nitrogens with two attached hydrogens (primary N) is 1. The summed E-state index contributed by atoms with van der Waals surface area (Å²) in [7, 11) is -2.56. The summed E-state index contributed by atoms with van der Waals surface area (Å²) in [5, 5.41) is 0. The fourth-order valence-electron chi connectivity index (χ4n) is 2.58. The van der Waals surface area contributed by atoms with Crippen LogP contribution in [-0.2, 0) is 13.3 Å². The summed E-state index contributed by atoms with van der Waals surface area (Å²) in [4.78, 5) is 4.61. The van der Waals surface area contributed by atoms with Crippen LogP contribution in [0.15, 0.2) is 4.99 Å². The zero-order valence-corrected chi connectivity index (χ0v) is 17.1. The van der Waals surface area contributed by atoms with Gasteiger partial charge in [-0.3, -0.25) is 4.99 Å². The van der Waals surface area contributed by atoms with Crippen LogP contribution >= 0.6 is 0 Å². The Kier molecular flexibility index (Phi) is 12.9. The van der Waals surface area contributed by atoms with E-state index in [1.807, 2.05) is 20.8 Å². The maximum absolute atomic E-state index is 6.24. The second kappa shape index (κ2) is 13.1. The van der Waals surface area contributed by atoms with Crippen LogP contribution in [0.4, 0.5) is 0 Å². The molecule has 0 aliphatic rings. The van der Waals surface area contributed by atoms with E-state index in [0.717, 1.165) is 31.9 Å². The van der Waals surface area contributed by atoms with Gasteiger partial charge in [-0.25, -0.2) is 0 Å². The Hall–Kier alpha value is -0.273. The molecule has 0 fully saturated rings. The highest BCUT2D eigenvalue weighted by atomic mass is 28.4. The summed E-state index contributed by atoms with van der Waals surface area (Å²) in [6.45, 7) is 15.1. The first-order valence-corrected chi connectivity index (χ1v) is 11.0. The quantitative estimate of drug-likeness (QED) is 0.385. The lowest BCUT2D eigenvalue weighted by Gasteiger charge is -2.29. The average Bonchev–Trinajstić information content (AvgIpc) is 2.45. The maximum atomic E-state index is 6.24. The van der Waals surface area contributed by atoms with Crippen LogP contribution in [0.25, 0.3) is 0 Å². The molecule has 0 bridgehead atoms. The highest BCUT2D eigenvalue weighted by Gasteiger charge is 2.40. The van der Waals surface area contributed by atoms with Crippen LogP contribution in [0.1, 0.15) is 60.8 Å². The van der Waals surface area contributed by atoms with E-state index in [4.69, 9.17) is 19.0 Å². The van der Waals surface area contributed by atoms with E-state index in [1.54, 1.807) is 0 Å². The molecule has 1 unspecified atom stereocenters. The Bertz CT molecular complexity index is 308. The molecule has 23 heavy (non-hydrogen) atoms. The molecule has 0 aromatic rings. The Morgan fingerprint density at radius 1 is 1.00 bits per heavy atom. The van der Waals surface area contributed by atoms with Crippen molar-refractivity contribution in [1.82, 2.24) is 0 Å². The summed E-state index contributed by atoms with van der Waals surface area (Å²) in [6.07, 6.45) is 2.81. The van der Waals surface area contributed by atoms with E-state index in [-0.39, 0.29) is 6.04 Å². The predicted octanol–water partition coefficient (Wildman–Crippen LogP) is 3.65. The molecule has 0 heterocycles. The van der Waals surface area contributed by atoms with Gasteiger partial charge in [-0.05, 0) is 52.9 Å². The Morgan fingerprint density at radius 2 is 1.52 bits per heavy atom. The number of aliphatic imine (C=N–C) groups is 1. The van der Waals surface area contributed by atoms with Gasteiger partial charge in [0.05, 0.1) is 0 Å². The smallest absolute Gasteiger partial charge is 0.374 e. The number of hydrogen-bond acceptors (Lipinski definition) is 5. The van der Waals surface area contributed by atoms with Crippen LogP contribution in [0.2, 0.25) is 6.04 Å². The highest BCUT2D eigenvalue weighted by Crippen LogP contribution is 2.19. The van der Waals surface area contributed by atoms with Crippen molar-refractivity contribution in [3.8, 4) is 0 Å². The first kappa shape index (κ1) is 22.7. The zero-order chi connectivity index (χ0) is 17.7. The molecule has 0 aliphatic heterocycles. The summed E-state index contributed by atoms with van der Waals surface area (Å²) in [6, 6.07) is 0.886. The minimum absolute atomic E-state index is 0.110. The van der Waals surface area contributed by atoms with Gasteiger partial charge in [0.25, 0.3) is 0 Å². The Morgan fingerprint density at radius 3 is 1.96 bits per heavy atom. The van der Waals surface area contributed by atoms with E-state index in [2.05, 4.69) is 25.8 Å². The van der Waals surface area contributed by atoms with Gasteiger partial charge in [-0.1, -0.05) is 13.8 Å². The van der Waals surface area contributed by atoms with Crippen molar-refractivity contribution in [1.29, 1.82) is 0 Å². The molecule has 0 aromatic heterocycles. The summed E-state index contributed by atoms with van der Waals surface area (Å²) in [5.41, 5.74) is 7.46. The average molecular weight is 347 g/mol. The minimum atomic E-state index is -2.56. The summed E-state index contributed by atoms with van der Waals surface area (Å²) < 4.78 is 17.6. The van der Waals surface area contributed by atoms with Crippen molar-refractivity contribution in [3.05, 3.63) is 0 Å². The second-order valence-electron chi connectivity index (χ2n) is 6.28. The largest absolute Gasteiger partial charge is 0.500 e. The molecule has 2 N–H and O–H groups in total. The molecular formula is C17H38N2O3Si. The number of rotatable bonds is 14. The van der Waals surface area contributed by atoms with Crippen molar-refractivity contribution in [2.45, 2.75) is 72.9 Å². The summed E-state index contributed by atoms with van der Waals surface area (Å²) >= 11 is 0. The van der Waals surface area contributed by atoms with Crippen molar-refractivity contribution in [3.63, 3.8) is 0 Å². The molecular weight excluding hydrogens is 308 g/mol. The number of hydrogen-bond donors (Lipinski definition) is 1. The summed E-state index contributed by atoms with van der Waals surface area (Å²) in [5.74, 6) is 0.655. The molecule has 0 aromatic carbocycles. The van der Waals surface area contributed by atoms with Crippen LogP contribution in [0.3, 0.4) is 0 Å². The Balaban J connectivity index is 4.32. The lowest BCUT2D eigenvalue weighted by molar-refractivity contribution is 0.0703. The highest BCUT2D eigenvalue weighted by molar-refractivity contribution is 6.60. The van der Waals surface area contributed by atoms with Gasteiger partial charge in [0.15, 0.2) is 0 Å². The van der Waals surface area contributed by atoms with Gasteiger partial charge in [0.1, 0.15) is 0 Å².